The SMILES string of the molecule is C.C.CCC(CC(CC(C)c1ccccc1)c1ccncc1)c1ccccc1. The minimum absolute atomic E-state index is 0. The molecule has 3 atom stereocenters. The zero-order valence-corrected chi connectivity index (χ0v) is 15.9. The third kappa shape index (κ3) is 6.34. The second kappa shape index (κ2) is 12.1. The van der Waals surface area contributed by atoms with Crippen LogP contribution in [0, 0.1) is 0 Å². The lowest BCUT2D eigenvalue weighted by atomic mass is 9.78. The summed E-state index contributed by atoms with van der Waals surface area (Å²) in [5, 5.41) is 0. The topological polar surface area (TPSA) is 12.9 Å². The number of nitrogens with zero attached hydrogens (tertiary/aromatic N) is 1. The van der Waals surface area contributed by atoms with Crippen LogP contribution in [0.2, 0.25) is 0 Å². The Balaban J connectivity index is 0.00000196. The number of hydrogen-bond acceptors (Lipinski definition) is 1. The Hall–Kier alpha value is -2.41. The third-order valence-corrected chi connectivity index (χ3v) is 5.52. The van der Waals surface area contributed by atoms with Crippen LogP contribution in [0.15, 0.2) is 85.2 Å². The molecule has 28 heavy (non-hydrogen) atoms. The van der Waals surface area contributed by atoms with E-state index in [9.17, 15) is 0 Å². The molecular formula is C27H37N. The fourth-order valence-corrected chi connectivity index (χ4v) is 3.96. The average molecular weight is 376 g/mol. The minimum atomic E-state index is 0. The van der Waals surface area contributed by atoms with Gasteiger partial charge in [-0.3, -0.25) is 4.98 Å². The summed E-state index contributed by atoms with van der Waals surface area (Å²) in [6, 6.07) is 26.3. The summed E-state index contributed by atoms with van der Waals surface area (Å²) in [7, 11) is 0. The molecule has 1 heterocycles. The minimum Gasteiger partial charge on any atom is -0.265 e. The van der Waals surface area contributed by atoms with E-state index < -0.39 is 0 Å². The molecule has 0 bridgehead atoms. The molecule has 0 aliphatic rings. The quantitative estimate of drug-likeness (QED) is 0.386. The van der Waals surface area contributed by atoms with Crippen LogP contribution in [0.5, 0.6) is 0 Å². The Morgan fingerprint density at radius 3 is 1.68 bits per heavy atom. The lowest BCUT2D eigenvalue weighted by Gasteiger charge is -2.26. The van der Waals surface area contributed by atoms with E-state index in [4.69, 9.17) is 0 Å². The van der Waals surface area contributed by atoms with Crippen LogP contribution in [0.4, 0.5) is 0 Å². The van der Waals surface area contributed by atoms with Crippen molar-refractivity contribution >= 4 is 0 Å². The van der Waals surface area contributed by atoms with Gasteiger partial charge < -0.3 is 0 Å². The number of aromatic nitrogens is 1. The largest absolute Gasteiger partial charge is 0.265 e. The van der Waals surface area contributed by atoms with Crippen molar-refractivity contribution in [3.05, 3.63) is 102 Å². The molecule has 0 N–H and O–H groups in total. The van der Waals surface area contributed by atoms with Gasteiger partial charge in [-0.05, 0) is 65.8 Å². The Bertz CT molecular complexity index is 752. The highest BCUT2D eigenvalue weighted by Gasteiger charge is 2.21. The van der Waals surface area contributed by atoms with E-state index in [-0.39, 0.29) is 14.9 Å². The fourth-order valence-electron chi connectivity index (χ4n) is 3.96. The molecule has 2 aromatic carbocycles. The van der Waals surface area contributed by atoms with Gasteiger partial charge in [0, 0.05) is 12.4 Å². The molecule has 0 aliphatic carbocycles. The summed E-state index contributed by atoms with van der Waals surface area (Å²) in [5.41, 5.74) is 4.30. The van der Waals surface area contributed by atoms with Crippen LogP contribution in [-0.2, 0) is 0 Å². The van der Waals surface area contributed by atoms with E-state index in [1.54, 1.807) is 0 Å². The number of rotatable bonds is 8. The van der Waals surface area contributed by atoms with Gasteiger partial charge in [0.1, 0.15) is 0 Å². The van der Waals surface area contributed by atoms with Gasteiger partial charge in [0.2, 0.25) is 0 Å². The zero-order valence-electron chi connectivity index (χ0n) is 15.9. The first-order chi connectivity index (χ1) is 12.8. The monoisotopic (exact) mass is 375 g/mol. The van der Waals surface area contributed by atoms with E-state index in [0.29, 0.717) is 17.8 Å². The van der Waals surface area contributed by atoms with Gasteiger partial charge >= 0.3 is 0 Å². The van der Waals surface area contributed by atoms with Crippen LogP contribution < -0.4 is 0 Å². The summed E-state index contributed by atoms with van der Waals surface area (Å²) < 4.78 is 0. The van der Waals surface area contributed by atoms with Crippen molar-refractivity contribution in [3.8, 4) is 0 Å². The number of hydrogen-bond donors (Lipinski definition) is 0. The highest BCUT2D eigenvalue weighted by Crippen LogP contribution is 2.38. The van der Waals surface area contributed by atoms with Gasteiger partial charge in [-0.15, -0.1) is 0 Å². The lowest BCUT2D eigenvalue weighted by Crippen LogP contribution is -2.10. The van der Waals surface area contributed by atoms with E-state index in [1.807, 2.05) is 12.4 Å². The van der Waals surface area contributed by atoms with E-state index in [2.05, 4.69) is 91.6 Å². The number of benzene rings is 2. The Kier molecular flexibility index (Phi) is 10.2. The molecule has 0 aliphatic heterocycles. The predicted octanol–water partition coefficient (Wildman–Crippen LogP) is 8.22. The summed E-state index contributed by atoms with van der Waals surface area (Å²) in [6.45, 7) is 4.66. The van der Waals surface area contributed by atoms with Crippen LogP contribution in [0.25, 0.3) is 0 Å². The molecular weight excluding hydrogens is 338 g/mol. The van der Waals surface area contributed by atoms with Crippen molar-refractivity contribution < 1.29 is 0 Å². The van der Waals surface area contributed by atoms with Crippen LogP contribution in [0.3, 0.4) is 0 Å². The number of pyridine rings is 1. The first-order valence-corrected chi connectivity index (χ1v) is 9.77. The maximum absolute atomic E-state index is 4.22. The molecule has 1 nitrogen and oxygen atoms in total. The van der Waals surface area contributed by atoms with Gasteiger partial charge in [0.05, 0.1) is 0 Å². The van der Waals surface area contributed by atoms with Crippen molar-refractivity contribution in [1.29, 1.82) is 0 Å². The van der Waals surface area contributed by atoms with E-state index in [1.165, 1.54) is 29.5 Å². The maximum atomic E-state index is 4.22. The average Bonchev–Trinajstić information content (AvgIpc) is 2.73. The standard InChI is InChI=1S/C25H29N.2CH4/c1-3-21(23-12-8-5-9-13-23)19-25(24-14-16-26-17-15-24)18-20(2)22-10-6-4-7-11-22;;/h4-17,20-21,25H,3,18-19H2,1-2H3;2*1H4. The van der Waals surface area contributed by atoms with E-state index >= 15 is 0 Å². The normalized spacial score (nSPS) is 13.5. The van der Waals surface area contributed by atoms with Crippen molar-refractivity contribution in [3.63, 3.8) is 0 Å². The predicted molar refractivity (Wildman–Crippen MR) is 124 cm³/mol. The molecule has 1 heteroatoms. The molecule has 3 rings (SSSR count). The van der Waals surface area contributed by atoms with Crippen molar-refractivity contribution in [2.24, 2.45) is 0 Å². The zero-order chi connectivity index (χ0) is 18.2. The molecule has 0 fully saturated rings. The van der Waals surface area contributed by atoms with Gasteiger partial charge in [-0.1, -0.05) is 89.4 Å². The van der Waals surface area contributed by atoms with Crippen molar-refractivity contribution in [2.45, 2.75) is 65.7 Å². The Morgan fingerprint density at radius 2 is 1.14 bits per heavy atom. The summed E-state index contributed by atoms with van der Waals surface area (Å²) in [4.78, 5) is 4.22. The van der Waals surface area contributed by atoms with Crippen molar-refractivity contribution in [1.82, 2.24) is 4.98 Å². The fraction of sp³-hybridized carbons (Fsp3) is 0.370. The third-order valence-electron chi connectivity index (χ3n) is 5.52. The molecule has 150 valence electrons. The highest BCUT2D eigenvalue weighted by molar-refractivity contribution is 5.24. The van der Waals surface area contributed by atoms with E-state index in [0.717, 1.165) is 6.42 Å². The first-order valence-electron chi connectivity index (χ1n) is 9.77. The first kappa shape index (κ1) is 23.6. The molecule has 0 saturated carbocycles. The summed E-state index contributed by atoms with van der Waals surface area (Å²) >= 11 is 0. The lowest BCUT2D eigenvalue weighted by molar-refractivity contribution is 0.467. The Morgan fingerprint density at radius 1 is 0.643 bits per heavy atom. The van der Waals surface area contributed by atoms with Crippen LogP contribution in [-0.4, -0.2) is 4.98 Å². The smallest absolute Gasteiger partial charge is 0.0270 e. The Labute approximate surface area is 172 Å². The summed E-state index contributed by atoms with van der Waals surface area (Å²) in [6.07, 6.45) is 7.38. The van der Waals surface area contributed by atoms with Crippen molar-refractivity contribution in [2.75, 3.05) is 0 Å². The molecule has 0 amide bonds. The second-order valence-electron chi connectivity index (χ2n) is 7.28. The maximum Gasteiger partial charge on any atom is 0.0270 e. The molecule has 3 unspecified atom stereocenters. The highest BCUT2D eigenvalue weighted by atomic mass is 14.6. The molecule has 0 radical (unpaired) electrons. The molecule has 3 aromatic rings. The summed E-state index contributed by atoms with van der Waals surface area (Å²) in [5.74, 6) is 1.68. The second-order valence-corrected chi connectivity index (χ2v) is 7.28. The van der Waals surface area contributed by atoms with Gasteiger partial charge in [-0.2, -0.15) is 0 Å². The van der Waals surface area contributed by atoms with Crippen LogP contribution in [0.1, 0.15) is 82.4 Å². The van der Waals surface area contributed by atoms with Gasteiger partial charge in [0.25, 0.3) is 0 Å². The molecule has 0 spiro atoms. The van der Waals surface area contributed by atoms with Gasteiger partial charge in [-0.25, -0.2) is 0 Å². The van der Waals surface area contributed by atoms with Gasteiger partial charge in [0.15, 0.2) is 0 Å². The van der Waals surface area contributed by atoms with Crippen LogP contribution >= 0.6 is 0 Å². The molecule has 1 aromatic heterocycles. The molecule has 0 saturated heterocycles.